The Labute approximate surface area is 153 Å². The molecule has 0 fully saturated rings. The second kappa shape index (κ2) is 7.52. The molecular weight excluding hydrogens is 328 g/mol. The molecule has 0 spiro atoms. The van der Waals surface area contributed by atoms with Crippen LogP contribution in [-0.4, -0.2) is 24.6 Å². The number of benzene rings is 1. The van der Waals surface area contributed by atoms with Crippen LogP contribution in [0.2, 0.25) is 0 Å². The van der Waals surface area contributed by atoms with Gasteiger partial charge in [-0.2, -0.15) is 0 Å². The molecule has 0 saturated heterocycles. The van der Waals surface area contributed by atoms with Gasteiger partial charge in [0.15, 0.2) is 0 Å². The van der Waals surface area contributed by atoms with Crippen molar-refractivity contribution in [3.63, 3.8) is 0 Å². The Kier molecular flexibility index (Phi) is 5.16. The first kappa shape index (κ1) is 17.9. The third-order valence-corrected chi connectivity index (χ3v) is 4.79. The fourth-order valence-corrected chi connectivity index (χ4v) is 3.04. The Morgan fingerprint density at radius 2 is 1.96 bits per heavy atom. The SMILES string of the molecule is COc1ccc(CCC(=O)N=C2C=CC3C(=C2)NC(=O)C(C)=C3C)cc1. The molecule has 0 radical (unpaired) electrons. The Morgan fingerprint density at radius 1 is 1.23 bits per heavy atom. The van der Waals surface area contributed by atoms with Gasteiger partial charge in [-0.3, -0.25) is 9.59 Å². The molecule has 2 aliphatic rings. The fourth-order valence-electron chi connectivity index (χ4n) is 3.04. The topological polar surface area (TPSA) is 67.8 Å². The average Bonchev–Trinajstić information content (AvgIpc) is 2.65. The van der Waals surface area contributed by atoms with Gasteiger partial charge in [0.05, 0.1) is 12.8 Å². The summed E-state index contributed by atoms with van der Waals surface area (Å²) in [5.41, 5.74) is 4.19. The van der Waals surface area contributed by atoms with Crippen LogP contribution in [0.1, 0.15) is 25.8 Å². The summed E-state index contributed by atoms with van der Waals surface area (Å²) in [4.78, 5) is 28.3. The van der Waals surface area contributed by atoms with Crippen LogP contribution in [0.15, 0.2) is 64.3 Å². The molecule has 2 amide bonds. The molecule has 5 heteroatoms. The Hall–Kier alpha value is -2.95. The van der Waals surface area contributed by atoms with Crippen molar-refractivity contribution in [2.75, 3.05) is 7.11 Å². The van der Waals surface area contributed by atoms with E-state index in [2.05, 4.69) is 10.3 Å². The van der Waals surface area contributed by atoms with Gasteiger partial charge in [-0.25, -0.2) is 4.99 Å². The molecule has 0 bridgehead atoms. The number of ether oxygens (including phenoxy) is 1. The van der Waals surface area contributed by atoms with Gasteiger partial charge in [0.2, 0.25) is 5.91 Å². The lowest BCUT2D eigenvalue weighted by Crippen LogP contribution is -2.35. The lowest BCUT2D eigenvalue weighted by Gasteiger charge is -2.28. The summed E-state index contributed by atoms with van der Waals surface area (Å²) in [6.07, 6.45) is 6.56. The first-order valence-electron chi connectivity index (χ1n) is 8.61. The Morgan fingerprint density at radius 3 is 2.65 bits per heavy atom. The number of nitrogens with zero attached hydrogens (tertiary/aromatic N) is 1. The molecule has 1 aromatic carbocycles. The molecule has 1 aliphatic carbocycles. The molecule has 1 atom stereocenters. The third kappa shape index (κ3) is 3.82. The number of nitrogens with one attached hydrogen (secondary N) is 1. The second-order valence-electron chi connectivity index (χ2n) is 6.48. The monoisotopic (exact) mass is 350 g/mol. The van der Waals surface area contributed by atoms with Crippen LogP contribution in [0, 0.1) is 5.92 Å². The first-order valence-corrected chi connectivity index (χ1v) is 8.61. The van der Waals surface area contributed by atoms with Crippen molar-refractivity contribution < 1.29 is 14.3 Å². The first-order chi connectivity index (χ1) is 12.5. The summed E-state index contributed by atoms with van der Waals surface area (Å²) >= 11 is 0. The molecule has 134 valence electrons. The quantitative estimate of drug-likeness (QED) is 0.907. The molecule has 26 heavy (non-hydrogen) atoms. The smallest absolute Gasteiger partial charge is 0.251 e. The molecule has 1 unspecified atom stereocenters. The zero-order chi connectivity index (χ0) is 18.7. The minimum atomic E-state index is -0.179. The van der Waals surface area contributed by atoms with E-state index in [0.717, 1.165) is 28.2 Å². The molecular formula is C21H22N2O3. The van der Waals surface area contributed by atoms with Crippen molar-refractivity contribution in [2.45, 2.75) is 26.7 Å². The summed E-state index contributed by atoms with van der Waals surface area (Å²) in [6.45, 7) is 3.78. The van der Waals surface area contributed by atoms with E-state index in [1.54, 1.807) is 13.2 Å². The zero-order valence-corrected chi connectivity index (χ0v) is 15.2. The van der Waals surface area contributed by atoms with Gasteiger partial charge in [-0.15, -0.1) is 0 Å². The van der Waals surface area contributed by atoms with Crippen LogP contribution >= 0.6 is 0 Å². The maximum absolute atomic E-state index is 12.2. The number of aryl methyl sites for hydroxylation is 1. The van der Waals surface area contributed by atoms with Gasteiger partial charge in [-0.05, 0) is 50.1 Å². The van der Waals surface area contributed by atoms with Crippen molar-refractivity contribution >= 4 is 17.5 Å². The Bertz CT molecular complexity index is 858. The van der Waals surface area contributed by atoms with Crippen molar-refractivity contribution in [3.8, 4) is 5.75 Å². The number of hydrogen-bond donors (Lipinski definition) is 1. The van der Waals surface area contributed by atoms with Gasteiger partial charge in [0, 0.05) is 23.6 Å². The number of hydrogen-bond acceptors (Lipinski definition) is 3. The van der Waals surface area contributed by atoms with Crippen LogP contribution in [0.3, 0.4) is 0 Å². The van der Waals surface area contributed by atoms with Crippen LogP contribution in [0.25, 0.3) is 0 Å². The van der Waals surface area contributed by atoms with Gasteiger partial charge >= 0.3 is 0 Å². The highest BCUT2D eigenvalue weighted by Gasteiger charge is 2.27. The molecule has 0 aromatic heterocycles. The van der Waals surface area contributed by atoms with E-state index < -0.39 is 0 Å². The highest BCUT2D eigenvalue weighted by Crippen LogP contribution is 2.29. The summed E-state index contributed by atoms with van der Waals surface area (Å²) in [5, 5.41) is 2.88. The molecule has 1 aliphatic heterocycles. The predicted molar refractivity (Wildman–Crippen MR) is 101 cm³/mol. The van der Waals surface area contributed by atoms with Crippen molar-refractivity contribution in [2.24, 2.45) is 10.9 Å². The van der Waals surface area contributed by atoms with Crippen molar-refractivity contribution in [1.29, 1.82) is 0 Å². The zero-order valence-electron chi connectivity index (χ0n) is 15.2. The van der Waals surface area contributed by atoms with E-state index in [1.165, 1.54) is 0 Å². The largest absolute Gasteiger partial charge is 0.497 e. The highest BCUT2D eigenvalue weighted by molar-refractivity contribution is 6.11. The molecule has 1 heterocycles. The second-order valence-corrected chi connectivity index (χ2v) is 6.48. The summed E-state index contributed by atoms with van der Waals surface area (Å²) in [5.74, 6) is 0.579. The number of carbonyl (C=O) groups excluding carboxylic acids is 2. The minimum absolute atomic E-state index is 0.0565. The minimum Gasteiger partial charge on any atom is -0.497 e. The summed E-state index contributed by atoms with van der Waals surface area (Å²) in [7, 11) is 1.62. The standard InChI is InChI=1S/C21H22N2O3/c1-13-14(2)21(25)23-19-12-16(7-10-18(13)19)22-20(24)11-6-15-4-8-17(26-3)9-5-15/h4-5,7-10,12,18H,6,11H2,1-3H3,(H,23,25). The van der Waals surface area contributed by atoms with Crippen LogP contribution in [0.5, 0.6) is 5.75 Å². The molecule has 1 N–H and O–H groups in total. The van der Waals surface area contributed by atoms with Crippen molar-refractivity contribution in [3.05, 3.63) is 64.9 Å². The van der Waals surface area contributed by atoms with E-state index in [4.69, 9.17) is 4.74 Å². The number of amides is 2. The number of carbonyl (C=O) groups is 2. The number of aliphatic imine (C=N–C) groups is 1. The average molecular weight is 350 g/mol. The maximum Gasteiger partial charge on any atom is 0.251 e. The van der Waals surface area contributed by atoms with Crippen LogP contribution < -0.4 is 10.1 Å². The summed E-state index contributed by atoms with van der Waals surface area (Å²) in [6, 6.07) is 7.65. The fraction of sp³-hybridized carbons (Fsp3) is 0.286. The molecule has 3 rings (SSSR count). The normalized spacial score (nSPS) is 20.6. The van der Waals surface area contributed by atoms with Gasteiger partial charge in [-0.1, -0.05) is 23.8 Å². The third-order valence-electron chi connectivity index (χ3n) is 4.79. The summed E-state index contributed by atoms with van der Waals surface area (Å²) < 4.78 is 5.12. The number of fused-ring (bicyclic) bond motifs is 1. The highest BCUT2D eigenvalue weighted by atomic mass is 16.5. The molecule has 0 saturated carbocycles. The van der Waals surface area contributed by atoms with E-state index in [0.29, 0.717) is 18.6 Å². The van der Waals surface area contributed by atoms with Crippen LogP contribution in [0.4, 0.5) is 0 Å². The Balaban J connectivity index is 1.65. The van der Waals surface area contributed by atoms with E-state index in [-0.39, 0.29) is 17.7 Å². The number of allylic oxidation sites excluding steroid dienone is 3. The van der Waals surface area contributed by atoms with Crippen LogP contribution in [-0.2, 0) is 16.0 Å². The van der Waals surface area contributed by atoms with Gasteiger partial charge < -0.3 is 10.1 Å². The van der Waals surface area contributed by atoms with E-state index in [1.807, 2.05) is 50.3 Å². The lowest BCUT2D eigenvalue weighted by molar-refractivity contribution is -0.118. The molecule has 5 nitrogen and oxygen atoms in total. The molecule has 1 aromatic rings. The van der Waals surface area contributed by atoms with Crippen molar-refractivity contribution in [1.82, 2.24) is 5.32 Å². The maximum atomic E-state index is 12.2. The van der Waals surface area contributed by atoms with E-state index >= 15 is 0 Å². The lowest BCUT2D eigenvalue weighted by atomic mass is 9.85. The predicted octanol–water partition coefficient (Wildman–Crippen LogP) is 3.13. The van der Waals surface area contributed by atoms with E-state index in [9.17, 15) is 9.59 Å². The number of methoxy groups -OCH3 is 1. The number of rotatable bonds is 4. The van der Waals surface area contributed by atoms with Gasteiger partial charge in [0.25, 0.3) is 5.91 Å². The van der Waals surface area contributed by atoms with Gasteiger partial charge in [0.1, 0.15) is 5.75 Å².